The molecule has 106 valence electrons. The zero-order chi connectivity index (χ0) is 14.5. The molecule has 0 atom stereocenters. The van der Waals surface area contributed by atoms with Crippen LogP contribution in [-0.4, -0.2) is 31.2 Å². The van der Waals surface area contributed by atoms with Crippen LogP contribution >= 0.6 is 0 Å². The van der Waals surface area contributed by atoms with E-state index >= 15 is 0 Å². The molecule has 1 aromatic rings. The smallest absolute Gasteiger partial charge is 0.419 e. The van der Waals surface area contributed by atoms with Crippen LogP contribution in [-0.2, 0) is 15.7 Å². The standard InChI is InChI=1S/C12H15F3N2O2/c1-3-17(8-6-10(18)19-2)11-9(12(13,14)15)5-4-7-16-11/h4-5,7H,3,6,8H2,1-2H3. The number of halogens is 3. The van der Waals surface area contributed by atoms with E-state index in [0.717, 1.165) is 6.07 Å². The largest absolute Gasteiger partial charge is 0.469 e. The van der Waals surface area contributed by atoms with Gasteiger partial charge < -0.3 is 9.64 Å². The molecule has 7 heteroatoms. The van der Waals surface area contributed by atoms with Crippen molar-refractivity contribution >= 4 is 11.8 Å². The number of hydrogen-bond acceptors (Lipinski definition) is 4. The Balaban J connectivity index is 2.95. The molecule has 0 saturated carbocycles. The van der Waals surface area contributed by atoms with E-state index in [1.807, 2.05) is 0 Å². The van der Waals surface area contributed by atoms with Crippen LogP contribution in [0.2, 0.25) is 0 Å². The lowest BCUT2D eigenvalue weighted by Crippen LogP contribution is -2.29. The molecule has 0 aliphatic rings. The van der Waals surface area contributed by atoms with Gasteiger partial charge in [-0.1, -0.05) is 0 Å². The number of carbonyl (C=O) groups excluding carboxylic acids is 1. The van der Waals surface area contributed by atoms with Gasteiger partial charge in [0.15, 0.2) is 0 Å². The molecule has 0 aliphatic heterocycles. The first-order valence-corrected chi connectivity index (χ1v) is 5.74. The number of hydrogen-bond donors (Lipinski definition) is 0. The summed E-state index contributed by atoms with van der Waals surface area (Å²) in [5.41, 5.74) is -0.804. The van der Waals surface area contributed by atoms with Crippen molar-refractivity contribution in [3.8, 4) is 0 Å². The highest BCUT2D eigenvalue weighted by atomic mass is 19.4. The van der Waals surface area contributed by atoms with Crippen LogP contribution in [0.15, 0.2) is 18.3 Å². The highest BCUT2D eigenvalue weighted by Gasteiger charge is 2.35. The summed E-state index contributed by atoms with van der Waals surface area (Å²) in [6.45, 7) is 2.15. The number of aromatic nitrogens is 1. The topological polar surface area (TPSA) is 42.4 Å². The predicted molar refractivity (Wildman–Crippen MR) is 63.8 cm³/mol. The summed E-state index contributed by atoms with van der Waals surface area (Å²) in [7, 11) is 1.24. The van der Waals surface area contributed by atoms with Crippen LogP contribution < -0.4 is 4.90 Å². The van der Waals surface area contributed by atoms with Crippen molar-refractivity contribution in [1.29, 1.82) is 0 Å². The molecule has 19 heavy (non-hydrogen) atoms. The van der Waals surface area contributed by atoms with Gasteiger partial charge in [-0.05, 0) is 19.1 Å². The SMILES string of the molecule is CCN(CCC(=O)OC)c1ncccc1C(F)(F)F. The molecule has 1 rings (SSSR count). The first kappa shape index (κ1) is 15.3. The monoisotopic (exact) mass is 276 g/mol. The van der Waals surface area contributed by atoms with Gasteiger partial charge in [0.25, 0.3) is 0 Å². The van der Waals surface area contributed by atoms with Gasteiger partial charge in [-0.15, -0.1) is 0 Å². The van der Waals surface area contributed by atoms with Crippen molar-refractivity contribution in [3.05, 3.63) is 23.9 Å². The minimum Gasteiger partial charge on any atom is -0.469 e. The molecule has 1 heterocycles. The summed E-state index contributed by atoms with van der Waals surface area (Å²) < 4.78 is 43.0. The van der Waals surface area contributed by atoms with Gasteiger partial charge in [-0.2, -0.15) is 13.2 Å². The van der Waals surface area contributed by atoms with Crippen LogP contribution in [0, 0.1) is 0 Å². The van der Waals surface area contributed by atoms with Crippen molar-refractivity contribution in [2.75, 3.05) is 25.1 Å². The second-order valence-electron chi connectivity index (χ2n) is 3.78. The van der Waals surface area contributed by atoms with Gasteiger partial charge in [0.2, 0.25) is 0 Å². The van der Waals surface area contributed by atoms with E-state index < -0.39 is 17.7 Å². The Morgan fingerprint density at radius 2 is 2.16 bits per heavy atom. The number of carbonyl (C=O) groups is 1. The van der Waals surface area contributed by atoms with Crippen molar-refractivity contribution in [2.45, 2.75) is 19.5 Å². The Morgan fingerprint density at radius 3 is 2.68 bits per heavy atom. The summed E-state index contributed by atoms with van der Waals surface area (Å²) in [5.74, 6) is -0.635. The first-order valence-electron chi connectivity index (χ1n) is 5.74. The second-order valence-corrected chi connectivity index (χ2v) is 3.78. The Hall–Kier alpha value is -1.79. The summed E-state index contributed by atoms with van der Waals surface area (Å²) in [6, 6.07) is 2.21. The van der Waals surface area contributed by atoms with E-state index in [2.05, 4.69) is 9.72 Å². The second kappa shape index (κ2) is 6.40. The highest BCUT2D eigenvalue weighted by Crippen LogP contribution is 2.35. The minimum absolute atomic E-state index is 0.0121. The lowest BCUT2D eigenvalue weighted by molar-refractivity contribution is -0.140. The number of ether oxygens (including phenoxy) is 1. The minimum atomic E-state index is -4.47. The third-order valence-corrected chi connectivity index (χ3v) is 2.59. The van der Waals surface area contributed by atoms with Crippen molar-refractivity contribution in [1.82, 2.24) is 4.98 Å². The van der Waals surface area contributed by atoms with Crippen molar-refractivity contribution < 1.29 is 22.7 Å². The molecule has 0 bridgehead atoms. The Labute approximate surface area is 109 Å². The average molecular weight is 276 g/mol. The van der Waals surface area contributed by atoms with Crippen LogP contribution in [0.4, 0.5) is 19.0 Å². The summed E-state index contributed by atoms with van der Waals surface area (Å²) in [5, 5.41) is 0. The molecule has 0 saturated heterocycles. The molecule has 0 aliphatic carbocycles. The summed E-state index contributed by atoms with van der Waals surface area (Å²) in [6.07, 6.45) is -3.16. The van der Waals surface area contributed by atoms with E-state index in [-0.39, 0.29) is 18.8 Å². The van der Waals surface area contributed by atoms with Crippen LogP contribution in [0.3, 0.4) is 0 Å². The molecule has 0 N–H and O–H groups in total. The van der Waals surface area contributed by atoms with Gasteiger partial charge in [0, 0.05) is 19.3 Å². The Bertz CT molecular complexity index is 435. The van der Waals surface area contributed by atoms with E-state index in [9.17, 15) is 18.0 Å². The van der Waals surface area contributed by atoms with Gasteiger partial charge in [0.1, 0.15) is 5.82 Å². The lowest BCUT2D eigenvalue weighted by atomic mass is 10.2. The zero-order valence-electron chi connectivity index (χ0n) is 10.7. The van der Waals surface area contributed by atoms with E-state index in [0.29, 0.717) is 6.54 Å². The number of pyridine rings is 1. The number of methoxy groups -OCH3 is 1. The van der Waals surface area contributed by atoms with Gasteiger partial charge in [-0.25, -0.2) is 4.98 Å². The number of nitrogens with zero attached hydrogens (tertiary/aromatic N) is 2. The summed E-state index contributed by atoms with van der Waals surface area (Å²) >= 11 is 0. The number of rotatable bonds is 5. The third-order valence-electron chi connectivity index (χ3n) is 2.59. The number of alkyl halides is 3. The predicted octanol–water partition coefficient (Wildman–Crippen LogP) is 2.49. The molecule has 0 spiro atoms. The molecule has 4 nitrogen and oxygen atoms in total. The van der Waals surface area contributed by atoms with Crippen molar-refractivity contribution in [3.63, 3.8) is 0 Å². The van der Waals surface area contributed by atoms with Gasteiger partial charge >= 0.3 is 12.1 Å². The fourth-order valence-corrected chi connectivity index (χ4v) is 1.61. The molecule has 0 fully saturated rings. The quantitative estimate of drug-likeness (QED) is 0.775. The number of esters is 1. The third kappa shape index (κ3) is 4.11. The van der Waals surface area contributed by atoms with Crippen LogP contribution in [0.25, 0.3) is 0 Å². The maximum atomic E-state index is 12.9. The molecule has 0 unspecified atom stereocenters. The fraction of sp³-hybridized carbons (Fsp3) is 0.500. The van der Waals surface area contributed by atoms with Crippen LogP contribution in [0.5, 0.6) is 0 Å². The molecular formula is C12H15F3N2O2. The average Bonchev–Trinajstić information content (AvgIpc) is 2.38. The van der Waals surface area contributed by atoms with Crippen LogP contribution in [0.1, 0.15) is 18.9 Å². The molecule has 0 amide bonds. The fourth-order valence-electron chi connectivity index (χ4n) is 1.61. The molecule has 1 aromatic heterocycles. The van der Waals surface area contributed by atoms with E-state index in [1.165, 1.54) is 24.3 Å². The maximum absolute atomic E-state index is 12.9. The normalized spacial score (nSPS) is 11.2. The molecular weight excluding hydrogens is 261 g/mol. The molecule has 0 aromatic carbocycles. The number of anilines is 1. The van der Waals surface area contributed by atoms with Gasteiger partial charge in [0.05, 0.1) is 19.1 Å². The Morgan fingerprint density at radius 1 is 1.47 bits per heavy atom. The molecule has 0 radical (unpaired) electrons. The zero-order valence-corrected chi connectivity index (χ0v) is 10.7. The highest BCUT2D eigenvalue weighted by molar-refractivity contribution is 5.70. The van der Waals surface area contributed by atoms with E-state index in [4.69, 9.17) is 0 Å². The van der Waals surface area contributed by atoms with E-state index in [1.54, 1.807) is 6.92 Å². The maximum Gasteiger partial charge on any atom is 0.419 e. The summed E-state index contributed by atoms with van der Waals surface area (Å²) in [4.78, 5) is 16.2. The van der Waals surface area contributed by atoms with Gasteiger partial charge in [-0.3, -0.25) is 4.79 Å². The Kier molecular flexibility index (Phi) is 5.14. The lowest BCUT2D eigenvalue weighted by Gasteiger charge is -2.24. The van der Waals surface area contributed by atoms with Crippen molar-refractivity contribution in [2.24, 2.45) is 0 Å². The first-order chi connectivity index (χ1) is 8.90.